The zero-order valence-electron chi connectivity index (χ0n) is 14.0. The van der Waals surface area contributed by atoms with Crippen LogP contribution in [0.2, 0.25) is 0 Å². The summed E-state index contributed by atoms with van der Waals surface area (Å²) in [6.45, 7) is 4.26. The van der Waals surface area contributed by atoms with Crippen LogP contribution in [0.25, 0.3) is 0 Å². The Morgan fingerprint density at radius 2 is 1.86 bits per heavy atom. The lowest BCUT2D eigenvalue weighted by Gasteiger charge is -2.38. The summed E-state index contributed by atoms with van der Waals surface area (Å²) in [5.74, 6) is 0.334. The molecule has 2 saturated heterocycles. The molecule has 2 bridgehead atoms. The fraction of sp³-hybridized carbons (Fsp3) is 0.632. The number of ether oxygens (including phenoxy) is 1. The number of carbonyl (C=O) groups excluding carboxylic acids is 1. The van der Waals surface area contributed by atoms with Crippen molar-refractivity contribution in [2.45, 2.75) is 70.6 Å². The van der Waals surface area contributed by atoms with Gasteiger partial charge in [-0.3, -0.25) is 4.79 Å². The van der Waals surface area contributed by atoms with E-state index in [2.05, 4.69) is 36.9 Å². The van der Waals surface area contributed by atoms with E-state index in [4.69, 9.17) is 4.74 Å². The van der Waals surface area contributed by atoms with Crippen molar-refractivity contribution in [1.29, 1.82) is 0 Å². The molecule has 2 aliphatic rings. The van der Waals surface area contributed by atoms with Crippen LogP contribution < -0.4 is 0 Å². The number of hydrogen-bond acceptors (Lipinski definition) is 2. The first-order valence-corrected chi connectivity index (χ1v) is 8.48. The summed E-state index contributed by atoms with van der Waals surface area (Å²) in [5, 5.41) is 0. The van der Waals surface area contributed by atoms with Crippen LogP contribution in [0.3, 0.4) is 0 Å². The smallest absolute Gasteiger partial charge is 0.223 e. The van der Waals surface area contributed by atoms with Crippen molar-refractivity contribution >= 4 is 5.91 Å². The van der Waals surface area contributed by atoms with Gasteiger partial charge in [-0.25, -0.2) is 0 Å². The van der Waals surface area contributed by atoms with E-state index in [0.29, 0.717) is 30.5 Å². The SMILES string of the molecule is COC1CC2CCC(C1)N2C(=O)CCc1ccc(C)c(C)c1. The van der Waals surface area contributed by atoms with Crippen molar-refractivity contribution < 1.29 is 9.53 Å². The van der Waals surface area contributed by atoms with Crippen LogP contribution in [0, 0.1) is 13.8 Å². The standard InChI is InChI=1S/C19H27NO2/c1-13-4-5-15(10-14(13)2)6-9-19(21)20-16-7-8-17(20)12-18(11-16)22-3/h4-5,10,16-18H,6-9,11-12H2,1-3H3. The number of piperidine rings is 1. The normalized spacial score (nSPS) is 27.2. The number of benzene rings is 1. The van der Waals surface area contributed by atoms with Crippen LogP contribution in [0.4, 0.5) is 0 Å². The molecule has 22 heavy (non-hydrogen) atoms. The Bertz CT molecular complexity index is 540. The van der Waals surface area contributed by atoms with Crippen LogP contribution in [-0.4, -0.2) is 36.1 Å². The quantitative estimate of drug-likeness (QED) is 0.853. The van der Waals surface area contributed by atoms with Gasteiger partial charge in [0.15, 0.2) is 0 Å². The monoisotopic (exact) mass is 301 g/mol. The van der Waals surface area contributed by atoms with Crippen molar-refractivity contribution in [1.82, 2.24) is 4.90 Å². The van der Waals surface area contributed by atoms with E-state index in [-0.39, 0.29) is 0 Å². The van der Waals surface area contributed by atoms with E-state index in [1.807, 2.05) is 0 Å². The molecule has 2 unspecified atom stereocenters. The maximum atomic E-state index is 12.7. The minimum atomic E-state index is 0.334. The third kappa shape index (κ3) is 3.05. The molecule has 0 aromatic heterocycles. The largest absolute Gasteiger partial charge is 0.381 e. The van der Waals surface area contributed by atoms with Crippen LogP contribution in [0.15, 0.2) is 18.2 Å². The number of amides is 1. The first-order valence-electron chi connectivity index (χ1n) is 8.48. The number of methoxy groups -OCH3 is 1. The second kappa shape index (κ2) is 6.41. The zero-order chi connectivity index (χ0) is 15.7. The highest BCUT2D eigenvalue weighted by Gasteiger charge is 2.42. The first-order chi connectivity index (χ1) is 10.6. The highest BCUT2D eigenvalue weighted by Crippen LogP contribution is 2.37. The van der Waals surface area contributed by atoms with Gasteiger partial charge >= 0.3 is 0 Å². The lowest BCUT2D eigenvalue weighted by atomic mass is 9.98. The van der Waals surface area contributed by atoms with Crippen LogP contribution >= 0.6 is 0 Å². The Balaban J connectivity index is 1.59. The van der Waals surface area contributed by atoms with Gasteiger partial charge in [0.05, 0.1) is 6.10 Å². The average Bonchev–Trinajstić information content (AvgIpc) is 2.78. The minimum Gasteiger partial charge on any atom is -0.381 e. The Morgan fingerprint density at radius 1 is 1.18 bits per heavy atom. The van der Waals surface area contributed by atoms with E-state index in [1.54, 1.807) is 7.11 Å². The van der Waals surface area contributed by atoms with Gasteiger partial charge in [0.25, 0.3) is 0 Å². The zero-order valence-corrected chi connectivity index (χ0v) is 14.0. The molecule has 2 atom stereocenters. The topological polar surface area (TPSA) is 29.5 Å². The van der Waals surface area contributed by atoms with Crippen molar-refractivity contribution in [3.8, 4) is 0 Å². The first kappa shape index (κ1) is 15.5. The molecule has 2 aliphatic heterocycles. The Kier molecular flexibility index (Phi) is 4.53. The van der Waals surface area contributed by atoms with E-state index in [1.165, 1.54) is 16.7 Å². The summed E-state index contributed by atoms with van der Waals surface area (Å²) in [6.07, 6.45) is 6.17. The molecule has 1 aromatic carbocycles. The molecule has 120 valence electrons. The number of fused-ring (bicyclic) bond motifs is 2. The molecule has 2 heterocycles. The minimum absolute atomic E-state index is 0.334. The number of rotatable bonds is 4. The Labute approximate surface area is 133 Å². The molecule has 0 saturated carbocycles. The molecule has 0 aliphatic carbocycles. The molecule has 2 fully saturated rings. The fourth-order valence-electron chi connectivity index (χ4n) is 4.07. The second-order valence-corrected chi connectivity index (χ2v) is 6.93. The average molecular weight is 301 g/mol. The highest BCUT2D eigenvalue weighted by molar-refractivity contribution is 5.77. The third-order valence-corrected chi connectivity index (χ3v) is 5.51. The molecule has 1 amide bonds. The van der Waals surface area contributed by atoms with Gasteiger partial charge < -0.3 is 9.64 Å². The van der Waals surface area contributed by atoms with Gasteiger partial charge in [0.1, 0.15) is 0 Å². The Morgan fingerprint density at radius 3 is 2.45 bits per heavy atom. The van der Waals surface area contributed by atoms with Crippen LogP contribution in [0.5, 0.6) is 0 Å². The molecular formula is C19H27NO2. The lowest BCUT2D eigenvalue weighted by molar-refractivity contribution is -0.137. The molecule has 0 radical (unpaired) electrons. The van der Waals surface area contributed by atoms with Crippen molar-refractivity contribution in [3.63, 3.8) is 0 Å². The number of hydrogen-bond donors (Lipinski definition) is 0. The lowest BCUT2D eigenvalue weighted by Crippen LogP contribution is -2.48. The predicted molar refractivity (Wildman–Crippen MR) is 87.9 cm³/mol. The van der Waals surface area contributed by atoms with E-state index < -0.39 is 0 Å². The Hall–Kier alpha value is -1.35. The summed E-state index contributed by atoms with van der Waals surface area (Å²) in [5.41, 5.74) is 3.90. The molecular weight excluding hydrogens is 274 g/mol. The maximum Gasteiger partial charge on any atom is 0.223 e. The van der Waals surface area contributed by atoms with Crippen molar-refractivity contribution in [3.05, 3.63) is 34.9 Å². The fourth-order valence-corrected chi connectivity index (χ4v) is 4.07. The van der Waals surface area contributed by atoms with Gasteiger partial charge in [-0.05, 0) is 62.6 Å². The van der Waals surface area contributed by atoms with Crippen molar-refractivity contribution in [2.24, 2.45) is 0 Å². The van der Waals surface area contributed by atoms with E-state index in [9.17, 15) is 4.79 Å². The summed E-state index contributed by atoms with van der Waals surface area (Å²) < 4.78 is 5.52. The number of aryl methyl sites for hydroxylation is 3. The highest BCUT2D eigenvalue weighted by atomic mass is 16.5. The molecule has 0 spiro atoms. The molecule has 1 aromatic rings. The third-order valence-electron chi connectivity index (χ3n) is 5.51. The predicted octanol–water partition coefficient (Wildman–Crippen LogP) is 3.40. The molecule has 0 N–H and O–H groups in total. The summed E-state index contributed by atoms with van der Waals surface area (Å²) >= 11 is 0. The van der Waals surface area contributed by atoms with E-state index in [0.717, 1.165) is 32.1 Å². The summed E-state index contributed by atoms with van der Waals surface area (Å²) in [4.78, 5) is 14.8. The molecule has 3 nitrogen and oxygen atoms in total. The number of nitrogens with zero attached hydrogens (tertiary/aromatic N) is 1. The van der Waals surface area contributed by atoms with Gasteiger partial charge in [-0.2, -0.15) is 0 Å². The summed E-state index contributed by atoms with van der Waals surface area (Å²) in [6, 6.07) is 7.35. The maximum absolute atomic E-state index is 12.7. The van der Waals surface area contributed by atoms with Gasteiger partial charge in [-0.1, -0.05) is 18.2 Å². The van der Waals surface area contributed by atoms with Crippen LogP contribution in [0.1, 0.15) is 48.8 Å². The second-order valence-electron chi connectivity index (χ2n) is 6.93. The van der Waals surface area contributed by atoms with Crippen LogP contribution in [-0.2, 0) is 16.0 Å². The van der Waals surface area contributed by atoms with Gasteiger partial charge in [0.2, 0.25) is 5.91 Å². The molecule has 3 heteroatoms. The van der Waals surface area contributed by atoms with Gasteiger partial charge in [0, 0.05) is 25.6 Å². The summed E-state index contributed by atoms with van der Waals surface area (Å²) in [7, 11) is 1.79. The van der Waals surface area contributed by atoms with E-state index >= 15 is 0 Å². The molecule has 3 rings (SSSR count). The van der Waals surface area contributed by atoms with Gasteiger partial charge in [-0.15, -0.1) is 0 Å². The number of carbonyl (C=O) groups is 1. The van der Waals surface area contributed by atoms with Crippen molar-refractivity contribution in [2.75, 3.05) is 7.11 Å².